The van der Waals surface area contributed by atoms with Crippen LogP contribution >= 0.6 is 0 Å². The molecule has 2 nitrogen and oxygen atoms in total. The highest BCUT2D eigenvalue weighted by Crippen LogP contribution is 2.36. The zero-order chi connectivity index (χ0) is 9.41. The lowest BCUT2D eigenvalue weighted by Gasteiger charge is -2.38. The summed E-state index contributed by atoms with van der Waals surface area (Å²) in [5, 5.41) is 8.99. The molecule has 4 heteroatoms. The van der Waals surface area contributed by atoms with Crippen LogP contribution in [0.25, 0.3) is 0 Å². The molecule has 1 N–H and O–H groups in total. The number of aliphatic hydroxyl groups is 1. The molecule has 72 valence electrons. The first-order valence-corrected chi connectivity index (χ1v) is 11.1. The average Bonchev–Trinajstić information content (AvgIpc) is 2.13. The van der Waals surface area contributed by atoms with Crippen LogP contribution in [0.15, 0.2) is 0 Å². The molecule has 1 saturated heterocycles. The fourth-order valence-corrected chi connectivity index (χ4v) is 16.5. The first-order chi connectivity index (χ1) is 5.40. The molecule has 0 aromatic carbocycles. The minimum atomic E-state index is -1.09. The molecule has 0 spiro atoms. The Kier molecular flexibility index (Phi) is 2.83. The Morgan fingerprint density at radius 2 is 1.50 bits per heavy atom. The molecule has 1 aliphatic rings. The maximum absolute atomic E-state index is 8.99. The molecule has 1 aliphatic heterocycles. The van der Waals surface area contributed by atoms with E-state index in [0.29, 0.717) is 6.61 Å². The van der Waals surface area contributed by atoms with E-state index in [2.05, 4.69) is 30.4 Å². The molecule has 12 heavy (non-hydrogen) atoms. The van der Waals surface area contributed by atoms with Crippen LogP contribution in [-0.4, -0.2) is 39.0 Å². The molecule has 0 amide bonds. The average molecular weight is 203 g/mol. The van der Waals surface area contributed by atoms with Crippen molar-refractivity contribution in [2.75, 3.05) is 13.2 Å². The van der Waals surface area contributed by atoms with E-state index in [1.165, 1.54) is 12.1 Å². The summed E-state index contributed by atoms with van der Waals surface area (Å²) in [6.45, 7) is 11.0. The van der Waals surface area contributed by atoms with E-state index in [1.54, 1.807) is 0 Å². The minimum Gasteiger partial charge on any atom is -0.395 e. The van der Waals surface area contributed by atoms with Crippen LogP contribution in [0.4, 0.5) is 0 Å². The maximum Gasteiger partial charge on any atom is 0.115 e. The lowest BCUT2D eigenvalue weighted by atomic mass is 10.8. The van der Waals surface area contributed by atoms with Crippen LogP contribution in [0.2, 0.25) is 38.3 Å². The molecule has 0 aliphatic carbocycles. The number of β-amino-alcohol motifs (C(OH)–C–C–N with tert-alkyl or cyclic N) is 1. The van der Waals surface area contributed by atoms with Gasteiger partial charge in [0.25, 0.3) is 0 Å². The smallest absolute Gasteiger partial charge is 0.115 e. The third-order valence-corrected chi connectivity index (χ3v) is 13.6. The van der Waals surface area contributed by atoms with Crippen molar-refractivity contribution in [1.82, 2.24) is 4.23 Å². The van der Waals surface area contributed by atoms with Crippen LogP contribution < -0.4 is 0 Å². The predicted octanol–water partition coefficient (Wildman–Crippen LogP) is 1.70. The molecule has 0 atom stereocenters. The number of rotatable bonds is 2. The van der Waals surface area contributed by atoms with Gasteiger partial charge in [0.05, 0.1) is 6.61 Å². The molecule has 0 aromatic rings. The highest BCUT2D eigenvalue weighted by molar-refractivity contribution is 6.95. The maximum atomic E-state index is 8.99. The predicted molar refractivity (Wildman–Crippen MR) is 58.4 cm³/mol. The van der Waals surface area contributed by atoms with Crippen LogP contribution in [-0.2, 0) is 0 Å². The fourth-order valence-electron chi connectivity index (χ4n) is 2.41. The van der Waals surface area contributed by atoms with Gasteiger partial charge in [-0.3, -0.25) is 0 Å². The highest BCUT2D eigenvalue weighted by atomic mass is 28.4. The van der Waals surface area contributed by atoms with Crippen molar-refractivity contribution >= 4 is 16.5 Å². The van der Waals surface area contributed by atoms with Gasteiger partial charge in [0.1, 0.15) is 16.5 Å². The van der Waals surface area contributed by atoms with Crippen molar-refractivity contribution in [2.45, 2.75) is 38.3 Å². The monoisotopic (exact) mass is 203 g/mol. The van der Waals surface area contributed by atoms with E-state index in [9.17, 15) is 0 Å². The lowest BCUT2D eigenvalue weighted by Crippen LogP contribution is -2.55. The molecule has 1 heterocycles. The van der Waals surface area contributed by atoms with Gasteiger partial charge in [0.2, 0.25) is 0 Å². The van der Waals surface area contributed by atoms with Gasteiger partial charge in [-0.25, -0.2) is 0 Å². The van der Waals surface area contributed by atoms with E-state index >= 15 is 0 Å². The zero-order valence-electron chi connectivity index (χ0n) is 8.72. The lowest BCUT2D eigenvalue weighted by molar-refractivity contribution is 0.279. The zero-order valence-corrected chi connectivity index (χ0v) is 10.7. The first kappa shape index (κ1) is 10.4. The number of nitrogens with zero attached hydrogens (tertiary/aromatic N) is 1. The fraction of sp³-hybridized carbons (Fsp3) is 1.00. The van der Waals surface area contributed by atoms with Crippen molar-refractivity contribution in [1.29, 1.82) is 0 Å². The first-order valence-electron chi connectivity index (χ1n) is 4.79. The third kappa shape index (κ3) is 1.81. The van der Waals surface area contributed by atoms with Crippen molar-refractivity contribution in [3.63, 3.8) is 0 Å². The Morgan fingerprint density at radius 1 is 1.08 bits per heavy atom. The second-order valence-electron chi connectivity index (χ2n) is 5.00. The standard InChI is InChI=1S/C8H21NOSi2/c1-11(2)7-8-12(3,4)9(11)5-6-10/h10H,5-8H2,1-4H3. The molecule has 1 rings (SSSR count). The quantitative estimate of drug-likeness (QED) is 0.691. The van der Waals surface area contributed by atoms with Crippen molar-refractivity contribution < 1.29 is 5.11 Å². The second kappa shape index (κ2) is 3.25. The van der Waals surface area contributed by atoms with Crippen LogP contribution in [0.3, 0.4) is 0 Å². The van der Waals surface area contributed by atoms with Gasteiger partial charge in [-0.2, -0.15) is 0 Å². The molecular weight excluding hydrogens is 182 g/mol. The number of hydrogen-bond donors (Lipinski definition) is 1. The number of hydrogen-bond acceptors (Lipinski definition) is 2. The van der Waals surface area contributed by atoms with Gasteiger partial charge in [-0.05, 0) is 12.1 Å². The summed E-state index contributed by atoms with van der Waals surface area (Å²) in [6.07, 6.45) is 0. The molecule has 1 fully saturated rings. The van der Waals surface area contributed by atoms with E-state index in [0.717, 1.165) is 6.54 Å². The molecule has 0 bridgehead atoms. The Morgan fingerprint density at radius 3 is 1.83 bits per heavy atom. The Bertz CT molecular complexity index is 154. The molecule has 0 saturated carbocycles. The SMILES string of the molecule is C[Si]1(C)CC[Si](C)(C)N1CCO. The Labute approximate surface area is 77.8 Å². The molecule has 0 aromatic heterocycles. The van der Waals surface area contributed by atoms with E-state index in [-0.39, 0.29) is 0 Å². The summed E-state index contributed by atoms with van der Waals surface area (Å²) >= 11 is 0. The summed E-state index contributed by atoms with van der Waals surface area (Å²) in [4.78, 5) is 0. The van der Waals surface area contributed by atoms with Gasteiger partial charge < -0.3 is 9.34 Å². The summed E-state index contributed by atoms with van der Waals surface area (Å²) in [5.41, 5.74) is 0. The molecule has 0 unspecified atom stereocenters. The minimum absolute atomic E-state index is 0.340. The van der Waals surface area contributed by atoms with Crippen LogP contribution in [0, 0.1) is 0 Å². The van der Waals surface area contributed by atoms with Gasteiger partial charge in [-0.15, -0.1) is 0 Å². The largest absolute Gasteiger partial charge is 0.395 e. The van der Waals surface area contributed by atoms with Crippen LogP contribution in [0.5, 0.6) is 0 Å². The Balaban J connectivity index is 2.74. The summed E-state index contributed by atoms with van der Waals surface area (Å²) in [5.74, 6) is 0. The number of aliphatic hydroxyl groups excluding tert-OH is 1. The third-order valence-electron chi connectivity index (χ3n) is 3.13. The van der Waals surface area contributed by atoms with Crippen molar-refractivity contribution in [3.8, 4) is 0 Å². The van der Waals surface area contributed by atoms with E-state index < -0.39 is 16.5 Å². The normalized spacial score (nSPS) is 27.8. The molecular formula is C8H21NOSi2. The van der Waals surface area contributed by atoms with Crippen molar-refractivity contribution in [3.05, 3.63) is 0 Å². The van der Waals surface area contributed by atoms with Gasteiger partial charge in [0, 0.05) is 6.54 Å². The Hall–Kier alpha value is 0.354. The highest BCUT2D eigenvalue weighted by Gasteiger charge is 2.46. The van der Waals surface area contributed by atoms with Crippen molar-refractivity contribution in [2.24, 2.45) is 0 Å². The van der Waals surface area contributed by atoms with E-state index in [4.69, 9.17) is 5.11 Å². The van der Waals surface area contributed by atoms with Gasteiger partial charge in [0.15, 0.2) is 0 Å². The second-order valence-corrected chi connectivity index (χ2v) is 14.8. The van der Waals surface area contributed by atoms with E-state index in [1.807, 2.05) is 0 Å². The molecule has 0 radical (unpaired) electrons. The summed E-state index contributed by atoms with van der Waals surface area (Å²) in [6, 6.07) is 2.87. The van der Waals surface area contributed by atoms with Crippen LogP contribution in [0.1, 0.15) is 0 Å². The van der Waals surface area contributed by atoms with Gasteiger partial charge >= 0.3 is 0 Å². The topological polar surface area (TPSA) is 23.5 Å². The summed E-state index contributed by atoms with van der Waals surface area (Å²) < 4.78 is 2.69. The van der Waals surface area contributed by atoms with Gasteiger partial charge in [-0.1, -0.05) is 26.2 Å². The summed E-state index contributed by atoms with van der Waals surface area (Å²) in [7, 11) is -2.18.